The Morgan fingerprint density at radius 3 is 1.76 bits per heavy atom. The van der Waals surface area contributed by atoms with Gasteiger partial charge >= 0.3 is 0 Å². The molecule has 0 saturated heterocycles. The molecule has 0 atom stereocenters. The third kappa shape index (κ3) is 11.1. The van der Waals surface area contributed by atoms with Crippen molar-refractivity contribution in [1.29, 1.82) is 5.53 Å². The van der Waals surface area contributed by atoms with E-state index in [2.05, 4.69) is 54.8 Å². The van der Waals surface area contributed by atoms with Gasteiger partial charge in [-0.15, -0.1) is 0 Å². The first kappa shape index (κ1) is 43.7. The van der Waals surface area contributed by atoms with Crippen LogP contribution in [-0.2, 0) is 33.3 Å². The van der Waals surface area contributed by atoms with E-state index in [1.807, 2.05) is 98.2 Å². The lowest BCUT2D eigenvalue weighted by molar-refractivity contribution is 0.481. The number of nitrogens with one attached hydrogen (secondary N) is 5. The van der Waals surface area contributed by atoms with Gasteiger partial charge in [-0.25, -0.2) is 11.0 Å². The average Bonchev–Trinajstić information content (AvgIpc) is 3.30. The molecule has 2 heterocycles. The monoisotopic (exact) mass is 878 g/mol. The Labute approximate surface area is 364 Å². The lowest BCUT2D eigenvalue weighted by atomic mass is 10.1. The van der Waals surface area contributed by atoms with Gasteiger partial charge in [0.2, 0.25) is 0 Å². The topological polar surface area (TPSA) is 219 Å². The second-order valence-electron chi connectivity index (χ2n) is 14.1. The van der Waals surface area contributed by atoms with Gasteiger partial charge in [-0.3, -0.25) is 19.1 Å². The molecule has 0 unspecified atom stereocenters. The van der Waals surface area contributed by atoms with Crippen molar-refractivity contribution >= 4 is 86.3 Å². The van der Waals surface area contributed by atoms with E-state index in [-0.39, 0.29) is 15.5 Å². The summed E-state index contributed by atoms with van der Waals surface area (Å²) in [5, 5.41) is 15.1. The molecule has 63 heavy (non-hydrogen) atoms. The number of pyridine rings is 2. The van der Waals surface area contributed by atoms with Crippen LogP contribution in [0.1, 0.15) is 11.1 Å². The minimum Gasteiger partial charge on any atom is -0.380 e. The van der Waals surface area contributed by atoms with Crippen LogP contribution >= 0.6 is 0 Å². The molecule has 16 heteroatoms. The van der Waals surface area contributed by atoms with E-state index < -0.39 is 20.2 Å². The first-order valence-electron chi connectivity index (χ1n) is 19.4. The van der Waals surface area contributed by atoms with Crippen LogP contribution in [0.3, 0.4) is 0 Å². The molecule has 0 spiro atoms. The van der Waals surface area contributed by atoms with Gasteiger partial charge in [0.15, 0.2) is 0 Å². The molecule has 7 N–H and O–H groups in total. The minimum atomic E-state index is -4.39. The van der Waals surface area contributed by atoms with E-state index in [1.165, 1.54) is 29.7 Å². The minimum absolute atomic E-state index is 0.153. The summed E-state index contributed by atoms with van der Waals surface area (Å²) in [7, 11) is -6.84. The third-order valence-electron chi connectivity index (χ3n) is 9.89. The molecule has 0 saturated carbocycles. The molecule has 0 amide bonds. The number of hydrazine groups is 1. The van der Waals surface area contributed by atoms with Gasteiger partial charge in [-0.2, -0.15) is 21.9 Å². The Bertz CT molecular complexity index is 3230. The number of benzene rings is 7. The van der Waals surface area contributed by atoms with Crippen LogP contribution in [0.25, 0.3) is 43.4 Å². The maximum Gasteiger partial charge on any atom is 0.294 e. The number of aromatic nitrogens is 2. The van der Waals surface area contributed by atoms with E-state index in [0.717, 1.165) is 50.0 Å². The van der Waals surface area contributed by atoms with E-state index in [1.54, 1.807) is 36.5 Å². The second kappa shape index (κ2) is 19.6. The Morgan fingerprint density at radius 1 is 0.556 bits per heavy atom. The highest BCUT2D eigenvalue weighted by molar-refractivity contribution is 7.86. The van der Waals surface area contributed by atoms with Gasteiger partial charge < -0.3 is 16.1 Å². The van der Waals surface area contributed by atoms with Gasteiger partial charge in [0.25, 0.3) is 20.2 Å². The third-order valence-corrected chi connectivity index (χ3v) is 11.6. The molecule has 2 aromatic heterocycles. The van der Waals surface area contributed by atoms with Gasteiger partial charge in [0, 0.05) is 64.6 Å². The van der Waals surface area contributed by atoms with Crippen molar-refractivity contribution in [2.75, 3.05) is 23.1 Å². The van der Waals surface area contributed by atoms with Crippen LogP contribution in [0.15, 0.2) is 185 Å². The molecule has 7 aromatic carbocycles. The molecule has 9 aromatic rings. The van der Waals surface area contributed by atoms with Crippen molar-refractivity contribution in [3.05, 3.63) is 181 Å². The van der Waals surface area contributed by atoms with Gasteiger partial charge in [0.1, 0.15) is 0 Å². The summed E-state index contributed by atoms with van der Waals surface area (Å²) in [6.45, 7) is 1.02. The summed E-state index contributed by atoms with van der Waals surface area (Å²) in [6, 6.07) is 47.6. The summed E-state index contributed by atoms with van der Waals surface area (Å²) < 4.78 is 64.7. The summed E-state index contributed by atoms with van der Waals surface area (Å²) >= 11 is 0. The summed E-state index contributed by atoms with van der Waals surface area (Å²) in [4.78, 5) is 8.06. The molecular weight excluding hydrogens is 837 g/mol. The maximum absolute atomic E-state index is 11.6. The van der Waals surface area contributed by atoms with Crippen LogP contribution < -0.4 is 21.5 Å². The highest BCUT2D eigenvalue weighted by Gasteiger charge is 2.14. The Morgan fingerprint density at radius 2 is 1.13 bits per heavy atom. The Balaban J connectivity index is 0.000000207. The van der Waals surface area contributed by atoms with Crippen LogP contribution in [0.4, 0.5) is 22.7 Å². The molecule has 0 radical (unpaired) electrons. The highest BCUT2D eigenvalue weighted by Crippen LogP contribution is 2.34. The Hall–Kier alpha value is -7.34. The van der Waals surface area contributed by atoms with Gasteiger partial charge in [-0.1, -0.05) is 91.0 Å². The number of hydrogen-bond acceptors (Lipinski definition) is 12. The zero-order chi connectivity index (χ0) is 44.4. The van der Waals surface area contributed by atoms with Crippen molar-refractivity contribution in [3.8, 4) is 0 Å². The van der Waals surface area contributed by atoms with Crippen LogP contribution in [0.2, 0.25) is 0 Å². The van der Waals surface area contributed by atoms with Gasteiger partial charge in [0.05, 0.1) is 38.4 Å². The van der Waals surface area contributed by atoms with Crippen molar-refractivity contribution < 1.29 is 25.9 Å². The summed E-state index contributed by atoms with van der Waals surface area (Å²) in [6.07, 6.45) is 3.61. The second-order valence-corrected chi connectivity index (χ2v) is 16.9. The van der Waals surface area contributed by atoms with Crippen molar-refractivity contribution in [1.82, 2.24) is 15.4 Å². The lowest BCUT2D eigenvalue weighted by Gasteiger charge is -2.13. The lowest BCUT2D eigenvalue weighted by Crippen LogP contribution is -2.14. The smallest absolute Gasteiger partial charge is 0.294 e. The van der Waals surface area contributed by atoms with Crippen LogP contribution in [0.5, 0.6) is 0 Å². The van der Waals surface area contributed by atoms with Crippen molar-refractivity contribution in [2.45, 2.75) is 22.9 Å². The predicted octanol–water partition coefficient (Wildman–Crippen LogP) is 10.4. The first-order valence-corrected chi connectivity index (χ1v) is 22.3. The van der Waals surface area contributed by atoms with Crippen molar-refractivity contribution in [2.24, 2.45) is 5.11 Å². The number of para-hydroxylation sites is 2. The van der Waals surface area contributed by atoms with Crippen LogP contribution in [-0.4, -0.2) is 43.0 Å². The molecule has 0 aliphatic rings. The number of nitrogens with zero attached hydrogens (tertiary/aromatic N) is 3. The maximum atomic E-state index is 11.6. The Kier molecular flexibility index (Phi) is 13.6. The summed E-state index contributed by atoms with van der Waals surface area (Å²) in [5.41, 5.74) is 20.2. The van der Waals surface area contributed by atoms with Crippen molar-refractivity contribution in [3.63, 3.8) is 0 Å². The fraction of sp³-hybridized carbons (Fsp3) is 0.0638. The molecule has 0 bridgehead atoms. The number of anilines is 3. The highest BCUT2D eigenvalue weighted by atomic mass is 32.2. The standard InChI is InChI=1S/C28H24N4O6S2.C10H11N3.C9H7N/c29-32-28-13-12-27(24-11-9-22(15-25(24)28)40(36,37)38)31-17-19-6-4-18(5-7-19)16-30-26-3-1-2-20-14-21(39(33,34)35)8-10-23(20)26;1-11-13-9-6-8-4-2-3-5-10(8)12-7-9;1-2-6-9-8(4-1)5-3-7-10-9/h1-15,29-31H,16-17H2,(H,33,34,35)(H,36,37,38);2-7,11,13H,1H3;1-7H. The van der Waals surface area contributed by atoms with E-state index in [9.17, 15) is 25.9 Å². The SMILES string of the molecule is CNNc1cnc2ccccc2c1.N=Nc1ccc(NCc2ccc(CNc3cccc4cc(S(=O)(=O)O)ccc34)cc2)c2ccc(S(=O)(=O)O)cc12.c1ccc2ncccc2c1. The largest absolute Gasteiger partial charge is 0.380 e. The fourth-order valence-corrected chi connectivity index (χ4v) is 7.79. The van der Waals surface area contributed by atoms with E-state index in [4.69, 9.17) is 5.53 Å². The normalized spacial score (nSPS) is 11.3. The average molecular weight is 879 g/mol. The zero-order valence-electron chi connectivity index (χ0n) is 33.8. The van der Waals surface area contributed by atoms with Gasteiger partial charge in [-0.05, 0) is 83.2 Å². The number of fused-ring (bicyclic) bond motifs is 4. The first-order chi connectivity index (χ1) is 30.4. The van der Waals surface area contributed by atoms with E-state index >= 15 is 0 Å². The molecule has 14 nitrogen and oxygen atoms in total. The quantitative estimate of drug-likeness (QED) is 0.0367. The molecular formula is C47H42N8O6S2. The zero-order valence-corrected chi connectivity index (χ0v) is 35.4. The molecule has 318 valence electrons. The molecule has 0 fully saturated rings. The fourth-order valence-electron chi connectivity index (χ4n) is 6.77. The number of hydrogen-bond donors (Lipinski definition) is 7. The predicted molar refractivity (Wildman–Crippen MR) is 250 cm³/mol. The molecule has 0 aliphatic carbocycles. The summed E-state index contributed by atoms with van der Waals surface area (Å²) in [5.74, 6) is 0. The molecule has 0 aliphatic heterocycles. The molecule has 9 rings (SSSR count). The van der Waals surface area contributed by atoms with E-state index in [0.29, 0.717) is 29.2 Å². The van der Waals surface area contributed by atoms with Crippen LogP contribution in [0, 0.1) is 5.53 Å². The number of rotatable bonds is 11.